The first kappa shape index (κ1) is 18.6. The minimum absolute atomic E-state index is 0.00525. The number of piperidine rings is 1. The summed E-state index contributed by atoms with van der Waals surface area (Å²) in [5, 5.41) is 3.18. The molecule has 3 aliphatic carbocycles. The van der Waals surface area contributed by atoms with Gasteiger partial charge in [-0.3, -0.25) is 14.4 Å². The molecular formula is C21H29N5O3. The van der Waals surface area contributed by atoms with Crippen LogP contribution in [0.25, 0.3) is 0 Å². The van der Waals surface area contributed by atoms with Crippen LogP contribution in [0.4, 0.5) is 0 Å². The minimum atomic E-state index is -0.308. The van der Waals surface area contributed by atoms with Crippen molar-refractivity contribution < 1.29 is 14.4 Å². The van der Waals surface area contributed by atoms with Crippen LogP contribution < -0.4 is 11.1 Å². The van der Waals surface area contributed by atoms with Crippen molar-refractivity contribution in [2.45, 2.75) is 69.9 Å². The van der Waals surface area contributed by atoms with E-state index in [1.807, 2.05) is 11.8 Å². The molecule has 0 unspecified atom stereocenters. The second-order valence-electron chi connectivity index (χ2n) is 9.46. The number of imidazole rings is 1. The van der Waals surface area contributed by atoms with E-state index in [-0.39, 0.29) is 41.6 Å². The second-order valence-corrected chi connectivity index (χ2v) is 9.46. The minimum Gasteiger partial charge on any atom is -0.369 e. The van der Waals surface area contributed by atoms with Crippen molar-refractivity contribution in [2.75, 3.05) is 6.54 Å². The van der Waals surface area contributed by atoms with Gasteiger partial charge in [0.15, 0.2) is 0 Å². The SMILES string of the molecule is Cc1[nH]c(C2CC2)nc1C(=O)N1C[C@H]2C[C@@H]1[C@H](NC(=O)[C@@H]1CC[C@H](C(N)=O)C1)C2. The van der Waals surface area contributed by atoms with Crippen LogP contribution in [-0.2, 0) is 9.59 Å². The number of nitrogens with one attached hydrogen (secondary N) is 2. The van der Waals surface area contributed by atoms with Crippen LogP contribution in [0.5, 0.6) is 0 Å². The highest BCUT2D eigenvalue weighted by atomic mass is 16.2. The maximum absolute atomic E-state index is 13.2. The van der Waals surface area contributed by atoms with Crippen molar-refractivity contribution in [3.8, 4) is 0 Å². The number of amides is 3. The van der Waals surface area contributed by atoms with Crippen molar-refractivity contribution in [3.63, 3.8) is 0 Å². The molecule has 5 atom stereocenters. The van der Waals surface area contributed by atoms with Gasteiger partial charge >= 0.3 is 0 Å². The normalized spacial score (nSPS) is 33.3. The van der Waals surface area contributed by atoms with Gasteiger partial charge in [-0.1, -0.05) is 0 Å². The topological polar surface area (TPSA) is 121 Å². The summed E-state index contributed by atoms with van der Waals surface area (Å²) in [4.78, 5) is 47.1. The van der Waals surface area contributed by atoms with Gasteiger partial charge in [-0.05, 0) is 57.8 Å². The molecule has 1 saturated heterocycles. The lowest BCUT2D eigenvalue weighted by molar-refractivity contribution is -0.126. The van der Waals surface area contributed by atoms with Gasteiger partial charge in [0.25, 0.3) is 5.91 Å². The van der Waals surface area contributed by atoms with E-state index >= 15 is 0 Å². The number of nitrogens with zero attached hydrogens (tertiary/aromatic N) is 2. The van der Waals surface area contributed by atoms with Crippen LogP contribution in [-0.4, -0.2) is 51.2 Å². The molecule has 0 radical (unpaired) electrons. The van der Waals surface area contributed by atoms with Crippen molar-refractivity contribution in [3.05, 3.63) is 17.2 Å². The molecule has 2 heterocycles. The fourth-order valence-corrected chi connectivity index (χ4v) is 5.57. The Labute approximate surface area is 170 Å². The van der Waals surface area contributed by atoms with Gasteiger partial charge in [0, 0.05) is 36.0 Å². The zero-order valence-corrected chi connectivity index (χ0v) is 16.8. The third kappa shape index (κ3) is 3.32. The molecule has 1 aliphatic heterocycles. The van der Waals surface area contributed by atoms with Crippen molar-refractivity contribution in [1.29, 1.82) is 0 Å². The highest BCUT2D eigenvalue weighted by molar-refractivity contribution is 5.94. The Morgan fingerprint density at radius 1 is 1.10 bits per heavy atom. The van der Waals surface area contributed by atoms with Crippen LogP contribution in [0.2, 0.25) is 0 Å². The third-order valence-corrected chi connectivity index (χ3v) is 7.35. The Balaban J connectivity index is 1.24. The Morgan fingerprint density at radius 3 is 2.52 bits per heavy atom. The smallest absolute Gasteiger partial charge is 0.274 e. The maximum Gasteiger partial charge on any atom is 0.274 e. The summed E-state index contributed by atoms with van der Waals surface area (Å²) in [5.74, 6) is 1.18. The molecule has 8 nitrogen and oxygen atoms in total. The number of nitrogens with two attached hydrogens (primary N) is 1. The van der Waals surface area contributed by atoms with Gasteiger partial charge < -0.3 is 20.9 Å². The number of rotatable bonds is 5. The van der Waals surface area contributed by atoms with E-state index in [1.165, 1.54) is 0 Å². The maximum atomic E-state index is 13.2. The van der Waals surface area contributed by atoms with Crippen LogP contribution in [0.15, 0.2) is 0 Å². The Hall–Kier alpha value is -2.38. The molecule has 29 heavy (non-hydrogen) atoms. The first-order valence-corrected chi connectivity index (χ1v) is 10.9. The Morgan fingerprint density at radius 2 is 1.86 bits per heavy atom. The Bertz CT molecular complexity index is 860. The molecule has 5 rings (SSSR count). The largest absolute Gasteiger partial charge is 0.369 e. The zero-order valence-electron chi connectivity index (χ0n) is 16.8. The lowest BCUT2D eigenvalue weighted by atomic mass is 10.0. The number of likely N-dealkylation sites (tertiary alicyclic amines) is 1. The molecule has 1 aromatic heterocycles. The molecule has 2 bridgehead atoms. The fraction of sp³-hybridized carbons (Fsp3) is 0.714. The van der Waals surface area contributed by atoms with E-state index in [4.69, 9.17) is 5.73 Å². The Kier molecular flexibility index (Phi) is 4.40. The molecule has 1 aromatic rings. The zero-order chi connectivity index (χ0) is 20.3. The summed E-state index contributed by atoms with van der Waals surface area (Å²) < 4.78 is 0. The van der Waals surface area contributed by atoms with Gasteiger partial charge in [-0.2, -0.15) is 0 Å². The number of carbonyl (C=O) groups is 3. The molecule has 0 aromatic carbocycles. The van der Waals surface area contributed by atoms with E-state index in [0.29, 0.717) is 36.8 Å². The summed E-state index contributed by atoms with van der Waals surface area (Å²) in [6, 6.07) is 0.0187. The van der Waals surface area contributed by atoms with E-state index in [9.17, 15) is 14.4 Å². The highest BCUT2D eigenvalue weighted by Gasteiger charge is 2.49. The number of primary amides is 1. The van der Waals surface area contributed by atoms with Crippen LogP contribution >= 0.6 is 0 Å². The molecule has 0 spiro atoms. The summed E-state index contributed by atoms with van der Waals surface area (Å²) in [6.07, 6.45) is 6.07. The first-order chi connectivity index (χ1) is 13.9. The summed E-state index contributed by atoms with van der Waals surface area (Å²) in [6.45, 7) is 2.66. The molecule has 4 N–H and O–H groups in total. The van der Waals surface area contributed by atoms with Crippen molar-refractivity contribution in [1.82, 2.24) is 20.2 Å². The van der Waals surface area contributed by atoms with E-state index < -0.39 is 0 Å². The van der Waals surface area contributed by atoms with Crippen LogP contribution in [0.3, 0.4) is 0 Å². The lowest BCUT2D eigenvalue weighted by Gasteiger charge is -2.34. The number of aromatic amines is 1. The molecule has 4 fully saturated rings. The van der Waals surface area contributed by atoms with E-state index in [0.717, 1.165) is 43.7 Å². The number of carbonyl (C=O) groups excluding carboxylic acids is 3. The molecule has 3 amide bonds. The molecular weight excluding hydrogens is 370 g/mol. The molecule has 156 valence electrons. The number of hydrogen-bond donors (Lipinski definition) is 3. The molecule has 3 saturated carbocycles. The van der Waals surface area contributed by atoms with Gasteiger partial charge in [-0.15, -0.1) is 0 Å². The predicted octanol–water partition coefficient (Wildman–Crippen LogP) is 1.22. The average Bonchev–Trinajstić information content (AvgIpc) is 3.06. The van der Waals surface area contributed by atoms with Gasteiger partial charge in [0.05, 0.1) is 6.04 Å². The molecule has 8 heteroatoms. The van der Waals surface area contributed by atoms with E-state index in [1.54, 1.807) is 0 Å². The lowest BCUT2D eigenvalue weighted by Crippen LogP contribution is -2.53. The number of fused-ring (bicyclic) bond motifs is 2. The van der Waals surface area contributed by atoms with Gasteiger partial charge in [0.2, 0.25) is 11.8 Å². The number of hydrogen-bond acceptors (Lipinski definition) is 4. The summed E-state index contributed by atoms with van der Waals surface area (Å²) in [7, 11) is 0. The predicted molar refractivity (Wildman–Crippen MR) is 105 cm³/mol. The van der Waals surface area contributed by atoms with Crippen LogP contribution in [0, 0.1) is 24.7 Å². The monoisotopic (exact) mass is 399 g/mol. The quantitative estimate of drug-likeness (QED) is 0.689. The second kappa shape index (κ2) is 6.85. The van der Waals surface area contributed by atoms with E-state index in [2.05, 4.69) is 15.3 Å². The molecule has 4 aliphatic rings. The first-order valence-electron chi connectivity index (χ1n) is 10.9. The van der Waals surface area contributed by atoms with Crippen LogP contribution in [0.1, 0.15) is 72.9 Å². The third-order valence-electron chi connectivity index (χ3n) is 7.35. The number of aromatic nitrogens is 2. The van der Waals surface area contributed by atoms with Gasteiger partial charge in [-0.25, -0.2) is 4.98 Å². The van der Waals surface area contributed by atoms with Gasteiger partial charge in [0.1, 0.15) is 11.5 Å². The summed E-state index contributed by atoms with van der Waals surface area (Å²) >= 11 is 0. The average molecular weight is 399 g/mol. The standard InChI is InChI=1S/C21H29N5O3/c1-10-17(25-19(23-10)12-2-3-12)21(29)26-9-11-6-15(16(26)7-11)24-20(28)14-5-4-13(8-14)18(22)27/h11-16H,2-9H2,1H3,(H2,22,27)(H,23,25)(H,24,28)/t11-,13+,14-,15-,16-/m1/s1. The van der Waals surface area contributed by atoms with Crippen molar-refractivity contribution in [2.24, 2.45) is 23.5 Å². The number of H-pyrrole nitrogens is 1. The number of aryl methyl sites for hydroxylation is 1. The fourth-order valence-electron chi connectivity index (χ4n) is 5.57. The van der Waals surface area contributed by atoms with Crippen molar-refractivity contribution >= 4 is 17.7 Å². The summed E-state index contributed by atoms with van der Waals surface area (Å²) in [5.41, 5.74) is 6.76. The highest BCUT2D eigenvalue weighted by Crippen LogP contribution is 2.41.